The van der Waals surface area contributed by atoms with Crippen LogP contribution >= 0.6 is 11.6 Å². The molecule has 5 rings (SSSR count). The fraction of sp³-hybridized carbons (Fsp3) is 0.516. The number of fused-ring (bicyclic) bond motifs is 2. The molecule has 7 heteroatoms. The van der Waals surface area contributed by atoms with E-state index in [1.165, 1.54) is 12.7 Å². The Hall–Kier alpha value is -2.54. The third-order valence-electron chi connectivity index (χ3n) is 8.61. The number of carbonyl (C=O) groups excluding carboxylic acids is 1. The molecular formula is C31H38ClNO5. The standard InChI is InChI=1S/C31H38ClNO5/c1-3-31(35)13-15-37-29(18-31)26-11-8-23(26)19-33-14-5-4-6-21-16-25(32)10-7-24(21)20-38-28-12-9-22(17-27(28)33)30(34)36-2/h3,7,9-10,12,16-17,23,26,29,35H,1,4-6,8,11,13-15,18-20H2,2H3/t23-,26+,29+,31+/m0/s1. The largest absolute Gasteiger partial charge is 0.487 e. The van der Waals surface area contributed by atoms with E-state index in [-0.39, 0.29) is 12.1 Å². The van der Waals surface area contributed by atoms with Gasteiger partial charge in [-0.25, -0.2) is 4.79 Å². The van der Waals surface area contributed by atoms with Crippen LogP contribution in [0.15, 0.2) is 49.1 Å². The number of anilines is 1. The van der Waals surface area contributed by atoms with Crippen molar-refractivity contribution in [2.75, 3.05) is 31.7 Å². The van der Waals surface area contributed by atoms with Crippen molar-refractivity contribution >= 4 is 23.3 Å². The Kier molecular flexibility index (Phi) is 8.32. The fourth-order valence-electron chi connectivity index (χ4n) is 6.13. The van der Waals surface area contributed by atoms with Crippen molar-refractivity contribution < 1.29 is 24.1 Å². The number of aliphatic hydroxyl groups is 1. The molecule has 6 nitrogen and oxygen atoms in total. The summed E-state index contributed by atoms with van der Waals surface area (Å²) >= 11 is 6.30. The topological polar surface area (TPSA) is 68.2 Å². The highest BCUT2D eigenvalue weighted by Crippen LogP contribution is 2.44. The predicted octanol–water partition coefficient (Wildman–Crippen LogP) is 5.97. The maximum absolute atomic E-state index is 12.4. The zero-order valence-electron chi connectivity index (χ0n) is 22.2. The third kappa shape index (κ3) is 5.88. The first kappa shape index (κ1) is 27.0. The molecular weight excluding hydrogens is 502 g/mol. The summed E-state index contributed by atoms with van der Waals surface area (Å²) in [5.74, 6) is 1.22. The van der Waals surface area contributed by atoms with E-state index in [4.69, 9.17) is 25.8 Å². The Morgan fingerprint density at radius 1 is 1.24 bits per heavy atom. The first-order valence-corrected chi connectivity index (χ1v) is 14.1. The maximum atomic E-state index is 12.4. The number of esters is 1. The smallest absolute Gasteiger partial charge is 0.337 e. The van der Waals surface area contributed by atoms with Crippen molar-refractivity contribution in [2.24, 2.45) is 11.8 Å². The molecule has 1 saturated carbocycles. The Balaban J connectivity index is 1.41. The maximum Gasteiger partial charge on any atom is 0.337 e. The lowest BCUT2D eigenvalue weighted by Crippen LogP contribution is -2.49. The fourth-order valence-corrected chi connectivity index (χ4v) is 6.33. The minimum atomic E-state index is -0.842. The molecule has 2 aliphatic heterocycles. The molecule has 1 aliphatic carbocycles. The van der Waals surface area contributed by atoms with Gasteiger partial charge in [-0.15, -0.1) is 6.58 Å². The molecule has 0 spiro atoms. The van der Waals surface area contributed by atoms with Crippen molar-refractivity contribution in [3.05, 3.63) is 70.8 Å². The number of benzene rings is 2. The van der Waals surface area contributed by atoms with E-state index in [1.807, 2.05) is 30.3 Å². The van der Waals surface area contributed by atoms with Gasteiger partial charge >= 0.3 is 5.97 Å². The molecule has 0 aromatic heterocycles. The summed E-state index contributed by atoms with van der Waals surface area (Å²) in [6, 6.07) is 11.6. The summed E-state index contributed by atoms with van der Waals surface area (Å²) in [5.41, 5.74) is 2.95. The molecule has 1 N–H and O–H groups in total. The van der Waals surface area contributed by atoms with Gasteiger partial charge in [0.2, 0.25) is 0 Å². The highest BCUT2D eigenvalue weighted by Gasteiger charge is 2.44. The van der Waals surface area contributed by atoms with Crippen molar-refractivity contribution in [3.63, 3.8) is 0 Å². The van der Waals surface area contributed by atoms with Crippen LogP contribution in [0.5, 0.6) is 5.75 Å². The number of ether oxygens (including phenoxy) is 3. The number of hydrogen-bond acceptors (Lipinski definition) is 6. The van der Waals surface area contributed by atoms with Gasteiger partial charge in [-0.2, -0.15) is 0 Å². The minimum Gasteiger partial charge on any atom is -0.487 e. The van der Waals surface area contributed by atoms with Crippen LogP contribution in [0.2, 0.25) is 5.02 Å². The monoisotopic (exact) mass is 539 g/mol. The molecule has 0 bridgehead atoms. The van der Waals surface area contributed by atoms with Gasteiger partial charge in [0, 0.05) is 31.0 Å². The molecule has 38 heavy (non-hydrogen) atoms. The van der Waals surface area contributed by atoms with Crippen LogP contribution in [0.1, 0.15) is 60.0 Å². The molecule has 0 radical (unpaired) electrons. The average molecular weight is 540 g/mol. The molecule has 4 atom stereocenters. The van der Waals surface area contributed by atoms with Crippen molar-refractivity contribution in [3.8, 4) is 5.75 Å². The summed E-state index contributed by atoms with van der Waals surface area (Å²) < 4.78 is 17.6. The van der Waals surface area contributed by atoms with Gasteiger partial charge in [-0.3, -0.25) is 0 Å². The molecule has 1 saturated heterocycles. The number of carbonyl (C=O) groups is 1. The summed E-state index contributed by atoms with van der Waals surface area (Å²) in [5, 5.41) is 11.6. The van der Waals surface area contributed by atoms with E-state index in [1.54, 1.807) is 12.1 Å². The van der Waals surface area contributed by atoms with Crippen molar-refractivity contribution in [2.45, 2.75) is 63.3 Å². The molecule has 0 unspecified atom stereocenters. The first-order valence-electron chi connectivity index (χ1n) is 13.7. The Morgan fingerprint density at radius 3 is 2.87 bits per heavy atom. The second kappa shape index (κ2) is 11.7. The molecule has 2 aromatic rings. The zero-order chi connectivity index (χ0) is 26.7. The van der Waals surface area contributed by atoms with Crippen LogP contribution in [-0.4, -0.2) is 49.6 Å². The second-order valence-electron chi connectivity index (χ2n) is 11.0. The van der Waals surface area contributed by atoms with Crippen LogP contribution in [-0.2, 0) is 22.5 Å². The Morgan fingerprint density at radius 2 is 2.11 bits per heavy atom. The van der Waals surface area contributed by atoms with E-state index in [0.29, 0.717) is 43.5 Å². The quantitative estimate of drug-likeness (QED) is 0.373. The number of nitrogens with zero attached hydrogens (tertiary/aromatic N) is 1. The van der Waals surface area contributed by atoms with Gasteiger partial charge in [-0.1, -0.05) is 23.7 Å². The number of methoxy groups -OCH3 is 1. The van der Waals surface area contributed by atoms with Crippen LogP contribution in [0.25, 0.3) is 0 Å². The second-order valence-corrected chi connectivity index (χ2v) is 11.4. The normalized spacial score (nSPS) is 27.6. The lowest BCUT2D eigenvalue weighted by molar-refractivity contribution is -0.124. The SMILES string of the molecule is C=C[C@@]1(O)CCO[C@@H]([C@@H]2CC[C@H]2CN2CCCCc3cc(Cl)ccc3COc3ccc(C(=O)OC)cc32)C1. The van der Waals surface area contributed by atoms with Gasteiger partial charge < -0.3 is 24.2 Å². The summed E-state index contributed by atoms with van der Waals surface area (Å²) in [7, 11) is 1.41. The van der Waals surface area contributed by atoms with Crippen LogP contribution in [0.4, 0.5) is 5.69 Å². The van der Waals surface area contributed by atoms with Gasteiger partial charge in [0.15, 0.2) is 0 Å². The average Bonchev–Trinajstić information content (AvgIpc) is 2.94. The number of rotatable bonds is 5. The Labute approximate surface area is 230 Å². The molecule has 3 aliphatic rings. The zero-order valence-corrected chi connectivity index (χ0v) is 22.9. The molecule has 0 amide bonds. The molecule has 204 valence electrons. The van der Waals surface area contributed by atoms with Crippen molar-refractivity contribution in [1.82, 2.24) is 0 Å². The van der Waals surface area contributed by atoms with E-state index in [0.717, 1.165) is 67.2 Å². The van der Waals surface area contributed by atoms with Gasteiger partial charge in [-0.05, 0) is 85.4 Å². The highest BCUT2D eigenvalue weighted by molar-refractivity contribution is 6.30. The van der Waals surface area contributed by atoms with Crippen molar-refractivity contribution in [1.29, 1.82) is 0 Å². The molecule has 2 aromatic carbocycles. The van der Waals surface area contributed by atoms with Gasteiger partial charge in [0.25, 0.3) is 0 Å². The van der Waals surface area contributed by atoms with Gasteiger partial charge in [0.05, 0.1) is 36.7 Å². The predicted molar refractivity (Wildman–Crippen MR) is 149 cm³/mol. The van der Waals surface area contributed by atoms with E-state index < -0.39 is 5.60 Å². The number of halogens is 1. The third-order valence-corrected chi connectivity index (χ3v) is 8.84. The highest BCUT2D eigenvalue weighted by atomic mass is 35.5. The van der Waals surface area contributed by atoms with E-state index in [9.17, 15) is 9.90 Å². The Bertz CT molecular complexity index is 1170. The molecule has 2 heterocycles. The lowest BCUT2D eigenvalue weighted by atomic mass is 9.67. The summed E-state index contributed by atoms with van der Waals surface area (Å²) in [6.07, 6.45) is 8.10. The minimum absolute atomic E-state index is 0.0332. The van der Waals surface area contributed by atoms with E-state index in [2.05, 4.69) is 11.5 Å². The summed E-state index contributed by atoms with van der Waals surface area (Å²) in [4.78, 5) is 14.8. The number of aryl methyl sites for hydroxylation is 1. The lowest BCUT2D eigenvalue weighted by Gasteiger charge is -2.47. The number of hydrogen-bond donors (Lipinski definition) is 1. The van der Waals surface area contributed by atoms with Crippen LogP contribution < -0.4 is 9.64 Å². The van der Waals surface area contributed by atoms with Crippen LogP contribution in [0.3, 0.4) is 0 Å². The first-order chi connectivity index (χ1) is 18.4. The van der Waals surface area contributed by atoms with E-state index >= 15 is 0 Å². The summed E-state index contributed by atoms with van der Waals surface area (Å²) in [6.45, 7) is 6.54. The van der Waals surface area contributed by atoms with Crippen LogP contribution in [0, 0.1) is 11.8 Å². The van der Waals surface area contributed by atoms with Gasteiger partial charge in [0.1, 0.15) is 12.4 Å². The molecule has 2 fully saturated rings.